The van der Waals surface area contributed by atoms with Crippen LogP contribution in [-0.4, -0.2) is 24.9 Å². The normalized spacial score (nSPS) is 12.3. The van der Waals surface area contributed by atoms with Crippen molar-refractivity contribution < 1.29 is 19.1 Å². The van der Waals surface area contributed by atoms with Gasteiger partial charge in [0.1, 0.15) is 13.2 Å². The van der Waals surface area contributed by atoms with Crippen LogP contribution in [0.2, 0.25) is 10.0 Å². The van der Waals surface area contributed by atoms with Crippen molar-refractivity contribution in [1.29, 1.82) is 0 Å². The SMILES string of the molecule is O=C(Nc1cc2c(cc1C(=O)c1ccccc1Cl)OCCO2)c1ccc(Cl)cc1. The molecule has 1 amide bonds. The summed E-state index contributed by atoms with van der Waals surface area (Å²) >= 11 is 12.1. The third kappa shape index (κ3) is 4.06. The third-order valence-corrected chi connectivity index (χ3v) is 4.98. The lowest BCUT2D eigenvalue weighted by Gasteiger charge is -2.21. The van der Waals surface area contributed by atoms with E-state index in [4.69, 9.17) is 32.7 Å². The second-order valence-electron chi connectivity index (χ2n) is 6.31. The third-order valence-electron chi connectivity index (χ3n) is 4.40. The van der Waals surface area contributed by atoms with Gasteiger partial charge in [-0.05, 0) is 42.5 Å². The zero-order chi connectivity index (χ0) is 20.4. The van der Waals surface area contributed by atoms with Crippen molar-refractivity contribution >= 4 is 40.6 Å². The number of fused-ring (bicyclic) bond motifs is 1. The van der Waals surface area contributed by atoms with Gasteiger partial charge < -0.3 is 14.8 Å². The van der Waals surface area contributed by atoms with Gasteiger partial charge in [0.25, 0.3) is 5.91 Å². The van der Waals surface area contributed by atoms with Crippen molar-refractivity contribution in [3.63, 3.8) is 0 Å². The van der Waals surface area contributed by atoms with Gasteiger partial charge in [-0.3, -0.25) is 9.59 Å². The highest BCUT2D eigenvalue weighted by Crippen LogP contribution is 2.37. The van der Waals surface area contributed by atoms with Crippen LogP contribution in [0, 0.1) is 0 Å². The molecule has 0 spiro atoms. The largest absolute Gasteiger partial charge is 0.486 e. The Morgan fingerprint density at radius 1 is 0.828 bits per heavy atom. The Balaban J connectivity index is 1.75. The van der Waals surface area contributed by atoms with Gasteiger partial charge in [0.05, 0.1) is 16.3 Å². The number of ketones is 1. The minimum absolute atomic E-state index is 0.254. The summed E-state index contributed by atoms with van der Waals surface area (Å²) in [6.07, 6.45) is 0. The fraction of sp³-hybridized carbons (Fsp3) is 0.0909. The minimum atomic E-state index is -0.383. The van der Waals surface area contributed by atoms with Crippen molar-refractivity contribution in [2.75, 3.05) is 18.5 Å². The highest BCUT2D eigenvalue weighted by atomic mass is 35.5. The van der Waals surface area contributed by atoms with Crippen molar-refractivity contribution in [3.8, 4) is 11.5 Å². The molecule has 1 N–H and O–H groups in total. The molecule has 0 fully saturated rings. The first-order chi connectivity index (χ1) is 14.0. The van der Waals surface area contributed by atoms with Crippen LogP contribution < -0.4 is 14.8 Å². The fourth-order valence-corrected chi connectivity index (χ4v) is 3.31. The molecule has 146 valence electrons. The lowest BCUT2D eigenvalue weighted by molar-refractivity contribution is 0.102. The number of hydrogen-bond donors (Lipinski definition) is 1. The van der Waals surface area contributed by atoms with Gasteiger partial charge in [0.2, 0.25) is 0 Å². The van der Waals surface area contributed by atoms with E-state index in [1.807, 2.05) is 0 Å². The van der Waals surface area contributed by atoms with Gasteiger partial charge in [-0.2, -0.15) is 0 Å². The Labute approximate surface area is 177 Å². The van der Waals surface area contributed by atoms with E-state index in [2.05, 4.69) is 5.32 Å². The summed E-state index contributed by atoms with van der Waals surface area (Å²) in [5.74, 6) is 0.181. The number of carbonyl (C=O) groups excluding carboxylic acids is 2. The van der Waals surface area contributed by atoms with E-state index in [0.717, 1.165) is 0 Å². The second-order valence-corrected chi connectivity index (χ2v) is 7.16. The van der Waals surface area contributed by atoms with Gasteiger partial charge >= 0.3 is 0 Å². The van der Waals surface area contributed by atoms with Crippen LogP contribution in [0.4, 0.5) is 5.69 Å². The molecule has 0 radical (unpaired) electrons. The molecule has 0 aromatic heterocycles. The number of halogens is 2. The molecule has 0 saturated carbocycles. The molecule has 5 nitrogen and oxygen atoms in total. The first-order valence-electron chi connectivity index (χ1n) is 8.83. The molecule has 3 aromatic carbocycles. The number of hydrogen-bond acceptors (Lipinski definition) is 4. The van der Waals surface area contributed by atoms with Gasteiger partial charge in [-0.15, -0.1) is 0 Å². The summed E-state index contributed by atoms with van der Waals surface area (Å²) in [6.45, 7) is 0.762. The molecular formula is C22H15Cl2NO4. The molecular weight excluding hydrogens is 413 g/mol. The first kappa shape index (κ1) is 19.3. The number of benzene rings is 3. The standard InChI is InChI=1S/C22H15Cl2NO4/c23-14-7-5-13(6-8-14)22(27)25-18-12-20-19(28-9-10-29-20)11-16(18)21(26)15-3-1-2-4-17(15)24/h1-8,11-12H,9-10H2,(H,25,27). The lowest BCUT2D eigenvalue weighted by atomic mass is 10.00. The molecule has 7 heteroatoms. The van der Waals surface area contributed by atoms with E-state index < -0.39 is 0 Å². The lowest BCUT2D eigenvalue weighted by Crippen LogP contribution is -2.19. The maximum absolute atomic E-state index is 13.2. The van der Waals surface area contributed by atoms with Gasteiger partial charge in [0.15, 0.2) is 17.3 Å². The van der Waals surface area contributed by atoms with E-state index in [-0.39, 0.29) is 17.3 Å². The summed E-state index contributed by atoms with van der Waals surface area (Å²) in [5.41, 5.74) is 1.29. The molecule has 0 unspecified atom stereocenters. The van der Waals surface area contributed by atoms with E-state index in [1.54, 1.807) is 60.7 Å². The van der Waals surface area contributed by atoms with Crippen LogP contribution in [-0.2, 0) is 0 Å². The Hall–Kier alpha value is -3.02. The highest BCUT2D eigenvalue weighted by molar-refractivity contribution is 6.35. The molecule has 0 atom stereocenters. The topological polar surface area (TPSA) is 64.6 Å². The Bertz CT molecular complexity index is 1100. The summed E-state index contributed by atoms with van der Waals surface area (Å²) < 4.78 is 11.2. The van der Waals surface area contributed by atoms with Crippen LogP contribution >= 0.6 is 23.2 Å². The molecule has 1 aliphatic rings. The van der Waals surface area contributed by atoms with Crippen LogP contribution in [0.25, 0.3) is 0 Å². The van der Waals surface area contributed by atoms with E-state index in [9.17, 15) is 9.59 Å². The number of carbonyl (C=O) groups is 2. The average Bonchev–Trinajstić information content (AvgIpc) is 2.73. The van der Waals surface area contributed by atoms with Crippen molar-refractivity contribution in [1.82, 2.24) is 0 Å². The predicted octanol–water partition coefficient (Wildman–Crippen LogP) is 5.25. The Morgan fingerprint density at radius 3 is 2.17 bits per heavy atom. The second kappa shape index (κ2) is 8.15. The summed E-state index contributed by atoms with van der Waals surface area (Å²) in [5, 5.41) is 3.63. The fourth-order valence-electron chi connectivity index (χ4n) is 2.97. The summed E-state index contributed by atoms with van der Waals surface area (Å²) in [6, 6.07) is 16.3. The minimum Gasteiger partial charge on any atom is -0.486 e. The van der Waals surface area contributed by atoms with Crippen LogP contribution in [0.3, 0.4) is 0 Å². The molecule has 0 aliphatic carbocycles. The predicted molar refractivity (Wildman–Crippen MR) is 112 cm³/mol. The summed E-state index contributed by atoms with van der Waals surface area (Å²) in [4.78, 5) is 25.9. The molecule has 1 aliphatic heterocycles. The average molecular weight is 428 g/mol. The smallest absolute Gasteiger partial charge is 0.255 e. The maximum Gasteiger partial charge on any atom is 0.255 e. The number of anilines is 1. The quantitative estimate of drug-likeness (QED) is 0.577. The molecule has 0 saturated heterocycles. The number of rotatable bonds is 4. The van der Waals surface area contributed by atoms with E-state index >= 15 is 0 Å². The number of ether oxygens (including phenoxy) is 2. The van der Waals surface area contributed by atoms with E-state index in [1.165, 1.54) is 0 Å². The molecule has 4 rings (SSSR count). The molecule has 29 heavy (non-hydrogen) atoms. The Morgan fingerprint density at radius 2 is 1.48 bits per heavy atom. The van der Waals surface area contributed by atoms with Gasteiger partial charge in [-0.25, -0.2) is 0 Å². The molecule has 0 bridgehead atoms. The number of nitrogens with one attached hydrogen (secondary N) is 1. The van der Waals surface area contributed by atoms with Crippen LogP contribution in [0.1, 0.15) is 26.3 Å². The van der Waals surface area contributed by atoms with Gasteiger partial charge in [0, 0.05) is 22.2 Å². The summed E-state index contributed by atoms with van der Waals surface area (Å²) in [7, 11) is 0. The molecule has 3 aromatic rings. The number of amides is 1. The highest BCUT2D eigenvalue weighted by Gasteiger charge is 2.23. The van der Waals surface area contributed by atoms with E-state index in [0.29, 0.717) is 51.6 Å². The van der Waals surface area contributed by atoms with Gasteiger partial charge in [-0.1, -0.05) is 35.3 Å². The first-order valence-corrected chi connectivity index (χ1v) is 9.58. The monoisotopic (exact) mass is 427 g/mol. The Kier molecular flexibility index (Phi) is 5.43. The zero-order valence-corrected chi connectivity index (χ0v) is 16.6. The van der Waals surface area contributed by atoms with Crippen LogP contribution in [0.5, 0.6) is 11.5 Å². The van der Waals surface area contributed by atoms with Crippen LogP contribution in [0.15, 0.2) is 60.7 Å². The molecule has 1 heterocycles. The maximum atomic E-state index is 13.2. The zero-order valence-electron chi connectivity index (χ0n) is 15.1. The van der Waals surface area contributed by atoms with Crippen molar-refractivity contribution in [2.45, 2.75) is 0 Å². The van der Waals surface area contributed by atoms with Crippen molar-refractivity contribution in [3.05, 3.63) is 87.4 Å². The van der Waals surface area contributed by atoms with Crippen molar-refractivity contribution in [2.24, 2.45) is 0 Å².